The van der Waals surface area contributed by atoms with Gasteiger partial charge in [-0.25, -0.2) is 14.8 Å². The van der Waals surface area contributed by atoms with Crippen molar-refractivity contribution >= 4 is 22.4 Å². The highest BCUT2D eigenvalue weighted by Crippen LogP contribution is 2.21. The molecule has 0 atom stereocenters. The molecule has 2 rings (SSSR count). The normalized spacial score (nSPS) is 10.4. The molecule has 0 saturated carbocycles. The second-order valence-corrected chi connectivity index (χ2v) is 4.54. The number of carboxylic acid groups (broad SMARTS) is 1. The quantitative estimate of drug-likeness (QED) is 0.732. The van der Waals surface area contributed by atoms with E-state index in [2.05, 4.69) is 25.5 Å². The largest absolute Gasteiger partial charge is 0.476 e. The third-order valence-electron chi connectivity index (χ3n) is 2.10. The fourth-order valence-electron chi connectivity index (χ4n) is 1.31. The van der Waals surface area contributed by atoms with Crippen molar-refractivity contribution in [2.45, 2.75) is 13.3 Å². The molecule has 17 heavy (non-hydrogen) atoms. The van der Waals surface area contributed by atoms with Gasteiger partial charge in [-0.2, -0.15) is 5.10 Å². The molecule has 7 nitrogen and oxygen atoms in total. The summed E-state index contributed by atoms with van der Waals surface area (Å²) in [6, 6.07) is 0. The molecule has 0 bridgehead atoms. The van der Waals surface area contributed by atoms with E-state index in [4.69, 9.17) is 5.11 Å². The lowest BCUT2D eigenvalue weighted by atomic mass is 10.4. The highest BCUT2D eigenvalue weighted by molar-refractivity contribution is 7.15. The molecule has 0 amide bonds. The maximum Gasteiger partial charge on any atom is 0.355 e. The smallest absolute Gasteiger partial charge is 0.355 e. The summed E-state index contributed by atoms with van der Waals surface area (Å²) in [5.74, 6) is -0.216. The number of H-pyrrole nitrogens is 1. The van der Waals surface area contributed by atoms with Gasteiger partial charge in [0.25, 0.3) is 0 Å². The summed E-state index contributed by atoms with van der Waals surface area (Å²) in [4.78, 5) is 19.5. The summed E-state index contributed by atoms with van der Waals surface area (Å²) in [6.45, 7) is 2.37. The number of hydrogen-bond donors (Lipinski definition) is 3. The van der Waals surface area contributed by atoms with Gasteiger partial charge >= 0.3 is 5.97 Å². The molecule has 0 aliphatic rings. The van der Waals surface area contributed by atoms with Crippen LogP contribution in [-0.2, 0) is 6.42 Å². The Labute approximate surface area is 101 Å². The number of aromatic amines is 1. The van der Waals surface area contributed by atoms with Crippen LogP contribution in [0, 0.1) is 6.92 Å². The number of aromatic carboxylic acids is 1. The average molecular weight is 253 g/mol. The van der Waals surface area contributed by atoms with Gasteiger partial charge in [-0.15, -0.1) is 11.3 Å². The predicted molar refractivity (Wildman–Crippen MR) is 62.4 cm³/mol. The Morgan fingerprint density at radius 1 is 1.65 bits per heavy atom. The summed E-state index contributed by atoms with van der Waals surface area (Å²) in [5, 5.41) is 19.0. The minimum Gasteiger partial charge on any atom is -0.476 e. The number of nitrogens with one attached hydrogen (secondary N) is 2. The van der Waals surface area contributed by atoms with Crippen LogP contribution in [-0.4, -0.2) is 37.8 Å². The number of carboxylic acids is 1. The summed E-state index contributed by atoms with van der Waals surface area (Å²) >= 11 is 1.33. The van der Waals surface area contributed by atoms with Crippen molar-refractivity contribution in [3.05, 3.63) is 22.7 Å². The molecule has 2 heterocycles. The molecule has 90 valence electrons. The first-order valence-corrected chi connectivity index (χ1v) is 5.77. The van der Waals surface area contributed by atoms with Crippen molar-refractivity contribution in [2.24, 2.45) is 0 Å². The summed E-state index contributed by atoms with van der Waals surface area (Å²) in [5.41, 5.74) is 0.108. The topological polar surface area (TPSA) is 104 Å². The Hall–Kier alpha value is -1.96. The maximum atomic E-state index is 10.8. The van der Waals surface area contributed by atoms with Crippen molar-refractivity contribution in [3.8, 4) is 0 Å². The molecule has 0 aromatic carbocycles. The molecule has 0 spiro atoms. The molecule has 0 aliphatic carbocycles. The zero-order chi connectivity index (χ0) is 12.3. The Morgan fingerprint density at radius 2 is 2.47 bits per heavy atom. The van der Waals surface area contributed by atoms with Gasteiger partial charge in [0.15, 0.2) is 10.8 Å². The van der Waals surface area contributed by atoms with Crippen LogP contribution in [0.25, 0.3) is 0 Å². The van der Waals surface area contributed by atoms with Crippen molar-refractivity contribution < 1.29 is 9.90 Å². The van der Waals surface area contributed by atoms with Gasteiger partial charge < -0.3 is 10.4 Å². The van der Waals surface area contributed by atoms with Gasteiger partial charge in [-0.3, -0.25) is 5.10 Å². The first kappa shape index (κ1) is 11.5. The van der Waals surface area contributed by atoms with E-state index in [1.807, 2.05) is 0 Å². The lowest BCUT2D eigenvalue weighted by molar-refractivity contribution is 0.0690. The van der Waals surface area contributed by atoms with E-state index in [1.165, 1.54) is 17.7 Å². The number of anilines is 1. The SMILES string of the molecule is Cc1sc(NCCc2ncn[nH]2)nc1C(=O)O. The van der Waals surface area contributed by atoms with E-state index in [0.29, 0.717) is 23.0 Å². The van der Waals surface area contributed by atoms with Crippen molar-refractivity contribution in [1.29, 1.82) is 0 Å². The molecule has 3 N–H and O–H groups in total. The molecule has 0 unspecified atom stereocenters. The third kappa shape index (κ3) is 2.78. The van der Waals surface area contributed by atoms with Gasteiger partial charge in [0.05, 0.1) is 0 Å². The second-order valence-electron chi connectivity index (χ2n) is 3.34. The van der Waals surface area contributed by atoms with Gasteiger partial charge in [-0.05, 0) is 6.92 Å². The van der Waals surface area contributed by atoms with Crippen LogP contribution >= 0.6 is 11.3 Å². The number of carbonyl (C=O) groups is 1. The average Bonchev–Trinajstić information content (AvgIpc) is 2.88. The first-order valence-electron chi connectivity index (χ1n) is 4.95. The minimum absolute atomic E-state index is 0.108. The molecular formula is C9H11N5O2S. The van der Waals surface area contributed by atoms with Crippen LogP contribution in [0.15, 0.2) is 6.33 Å². The maximum absolute atomic E-state index is 10.8. The van der Waals surface area contributed by atoms with E-state index < -0.39 is 5.97 Å². The number of aromatic nitrogens is 4. The predicted octanol–water partition coefficient (Wildman–Crippen LogP) is 0.922. The third-order valence-corrected chi connectivity index (χ3v) is 3.03. The molecule has 0 fully saturated rings. The van der Waals surface area contributed by atoms with E-state index >= 15 is 0 Å². The fraction of sp³-hybridized carbons (Fsp3) is 0.333. The number of hydrogen-bond acceptors (Lipinski definition) is 6. The van der Waals surface area contributed by atoms with Crippen molar-refractivity contribution in [3.63, 3.8) is 0 Å². The molecule has 0 radical (unpaired) electrons. The van der Waals surface area contributed by atoms with Gasteiger partial charge in [0, 0.05) is 17.8 Å². The molecule has 8 heteroatoms. The summed E-state index contributed by atoms with van der Waals surface area (Å²) in [7, 11) is 0. The van der Waals surface area contributed by atoms with Crippen LogP contribution in [0.2, 0.25) is 0 Å². The van der Waals surface area contributed by atoms with E-state index in [-0.39, 0.29) is 5.69 Å². The zero-order valence-corrected chi connectivity index (χ0v) is 9.91. The van der Waals surface area contributed by atoms with Crippen molar-refractivity contribution in [2.75, 3.05) is 11.9 Å². The molecule has 0 aliphatic heterocycles. The number of rotatable bonds is 5. The highest BCUT2D eigenvalue weighted by atomic mass is 32.1. The van der Waals surface area contributed by atoms with Crippen molar-refractivity contribution in [1.82, 2.24) is 20.2 Å². The molecular weight excluding hydrogens is 242 g/mol. The minimum atomic E-state index is -0.998. The van der Waals surface area contributed by atoms with Crippen LogP contribution in [0.4, 0.5) is 5.13 Å². The molecule has 2 aromatic rings. The Morgan fingerprint density at radius 3 is 3.06 bits per heavy atom. The van der Waals surface area contributed by atoms with Gasteiger partial charge in [0.2, 0.25) is 0 Å². The molecule has 0 saturated heterocycles. The lowest BCUT2D eigenvalue weighted by Crippen LogP contribution is -2.06. The van der Waals surface area contributed by atoms with Crippen LogP contribution in [0.1, 0.15) is 21.2 Å². The summed E-state index contributed by atoms with van der Waals surface area (Å²) in [6.07, 6.45) is 2.13. The zero-order valence-electron chi connectivity index (χ0n) is 9.10. The monoisotopic (exact) mass is 253 g/mol. The van der Waals surface area contributed by atoms with Gasteiger partial charge in [0.1, 0.15) is 12.2 Å². The number of nitrogens with zero attached hydrogens (tertiary/aromatic N) is 3. The Bertz CT molecular complexity index is 507. The summed E-state index contributed by atoms with van der Waals surface area (Å²) < 4.78 is 0. The van der Waals surface area contributed by atoms with E-state index in [0.717, 1.165) is 5.82 Å². The molecule has 2 aromatic heterocycles. The Balaban J connectivity index is 1.91. The lowest BCUT2D eigenvalue weighted by Gasteiger charge is -1.98. The highest BCUT2D eigenvalue weighted by Gasteiger charge is 2.13. The van der Waals surface area contributed by atoms with Crippen LogP contribution in [0.3, 0.4) is 0 Å². The second kappa shape index (κ2) is 4.91. The van der Waals surface area contributed by atoms with Gasteiger partial charge in [-0.1, -0.05) is 0 Å². The first-order chi connectivity index (χ1) is 8.16. The fourth-order valence-corrected chi connectivity index (χ4v) is 2.14. The van der Waals surface area contributed by atoms with E-state index in [9.17, 15) is 4.79 Å². The van der Waals surface area contributed by atoms with E-state index in [1.54, 1.807) is 6.92 Å². The number of thiazole rings is 1. The Kier molecular flexibility index (Phi) is 3.33. The van der Waals surface area contributed by atoms with Crippen LogP contribution < -0.4 is 5.32 Å². The number of aryl methyl sites for hydroxylation is 1. The standard InChI is InChI=1S/C9H11N5O2S/c1-5-7(8(15)16)13-9(17-5)10-3-2-6-11-4-12-14-6/h4H,2-3H2,1H3,(H,10,13)(H,15,16)(H,11,12,14). The van der Waals surface area contributed by atoms with Crippen LogP contribution in [0.5, 0.6) is 0 Å².